The van der Waals surface area contributed by atoms with Crippen molar-refractivity contribution in [3.63, 3.8) is 0 Å². The first-order valence-corrected chi connectivity index (χ1v) is 8.05. The Morgan fingerprint density at radius 1 is 0.913 bits per heavy atom. The van der Waals surface area contributed by atoms with E-state index in [2.05, 4.69) is 72.3 Å². The lowest BCUT2D eigenvalue weighted by Crippen LogP contribution is -2.43. The first-order chi connectivity index (χ1) is 11.3. The minimum absolute atomic E-state index is 0.212. The first-order valence-electron chi connectivity index (χ1n) is 8.05. The molecule has 4 rings (SSSR count). The SMILES string of the molecule is CC(c1ccc2ccccc2c1)[n+]1ccccc1C1OCCO1. The van der Waals surface area contributed by atoms with Gasteiger partial charge < -0.3 is 9.47 Å². The van der Waals surface area contributed by atoms with Gasteiger partial charge in [-0.05, 0) is 22.9 Å². The second kappa shape index (κ2) is 6.11. The number of rotatable bonds is 3. The summed E-state index contributed by atoms with van der Waals surface area (Å²) in [5.41, 5.74) is 2.34. The Kier molecular flexibility index (Phi) is 3.82. The van der Waals surface area contributed by atoms with E-state index in [1.165, 1.54) is 16.3 Å². The quantitative estimate of drug-likeness (QED) is 0.687. The molecule has 1 aromatic heterocycles. The van der Waals surface area contributed by atoms with Crippen LogP contribution in [0.15, 0.2) is 66.9 Å². The van der Waals surface area contributed by atoms with Gasteiger partial charge in [0.1, 0.15) is 0 Å². The van der Waals surface area contributed by atoms with Gasteiger partial charge in [-0.3, -0.25) is 0 Å². The number of hydrogen-bond donors (Lipinski definition) is 0. The van der Waals surface area contributed by atoms with E-state index in [1.54, 1.807) is 0 Å². The number of benzene rings is 2. The highest BCUT2D eigenvalue weighted by Gasteiger charge is 2.30. The molecule has 1 saturated heterocycles. The van der Waals surface area contributed by atoms with Crippen molar-refractivity contribution in [1.29, 1.82) is 0 Å². The van der Waals surface area contributed by atoms with E-state index in [4.69, 9.17) is 9.47 Å². The highest BCUT2D eigenvalue weighted by Crippen LogP contribution is 2.24. The van der Waals surface area contributed by atoms with Crippen LogP contribution < -0.4 is 4.57 Å². The zero-order valence-electron chi connectivity index (χ0n) is 13.2. The van der Waals surface area contributed by atoms with Crippen LogP contribution in [0.2, 0.25) is 0 Å². The second-order valence-electron chi connectivity index (χ2n) is 5.89. The third-order valence-corrected chi connectivity index (χ3v) is 4.46. The summed E-state index contributed by atoms with van der Waals surface area (Å²) >= 11 is 0. The largest absolute Gasteiger partial charge is 0.341 e. The summed E-state index contributed by atoms with van der Waals surface area (Å²) in [6.07, 6.45) is 1.83. The van der Waals surface area contributed by atoms with E-state index in [0.29, 0.717) is 13.2 Å². The molecule has 1 unspecified atom stereocenters. The van der Waals surface area contributed by atoms with E-state index in [-0.39, 0.29) is 12.3 Å². The molecular weight excluding hydrogens is 286 g/mol. The molecule has 23 heavy (non-hydrogen) atoms. The molecule has 2 heterocycles. The molecule has 1 atom stereocenters. The molecule has 1 fully saturated rings. The van der Waals surface area contributed by atoms with Crippen LogP contribution in [0.1, 0.15) is 30.5 Å². The molecule has 0 radical (unpaired) electrons. The molecule has 0 saturated carbocycles. The van der Waals surface area contributed by atoms with Crippen LogP contribution in [0.4, 0.5) is 0 Å². The molecule has 3 aromatic rings. The number of nitrogens with zero attached hydrogens (tertiary/aromatic N) is 1. The van der Waals surface area contributed by atoms with E-state index in [1.807, 2.05) is 6.07 Å². The number of fused-ring (bicyclic) bond motifs is 1. The normalized spacial score (nSPS) is 16.7. The standard InChI is InChI=1S/C20H20NO2/c1-15(17-10-9-16-6-2-3-7-18(16)14-17)21-11-5-4-8-19(21)20-22-12-13-23-20/h2-11,14-15,20H,12-13H2,1H3/q+1. The van der Waals surface area contributed by atoms with Crippen LogP contribution in [0.5, 0.6) is 0 Å². The molecule has 3 heteroatoms. The van der Waals surface area contributed by atoms with Gasteiger partial charge in [0, 0.05) is 24.6 Å². The van der Waals surface area contributed by atoms with Gasteiger partial charge in [-0.15, -0.1) is 0 Å². The fraction of sp³-hybridized carbons (Fsp3) is 0.250. The summed E-state index contributed by atoms with van der Waals surface area (Å²) in [4.78, 5) is 0. The maximum Gasteiger partial charge on any atom is 0.245 e. The van der Waals surface area contributed by atoms with Crippen molar-refractivity contribution in [2.75, 3.05) is 13.2 Å². The van der Waals surface area contributed by atoms with Crippen molar-refractivity contribution in [2.45, 2.75) is 19.3 Å². The molecule has 116 valence electrons. The third kappa shape index (κ3) is 2.74. The number of hydrogen-bond acceptors (Lipinski definition) is 2. The highest BCUT2D eigenvalue weighted by atomic mass is 16.7. The zero-order valence-corrected chi connectivity index (χ0v) is 13.2. The summed E-state index contributed by atoms with van der Waals surface area (Å²) in [5.74, 6) is 0. The maximum absolute atomic E-state index is 5.69. The van der Waals surface area contributed by atoms with Crippen molar-refractivity contribution in [3.05, 3.63) is 78.1 Å². The molecule has 2 aromatic carbocycles. The smallest absolute Gasteiger partial charge is 0.245 e. The van der Waals surface area contributed by atoms with E-state index in [9.17, 15) is 0 Å². The molecule has 1 aliphatic heterocycles. The summed E-state index contributed by atoms with van der Waals surface area (Å²) < 4.78 is 13.6. The van der Waals surface area contributed by atoms with Gasteiger partial charge in [-0.2, -0.15) is 4.57 Å². The minimum atomic E-state index is -0.265. The lowest BCUT2D eigenvalue weighted by molar-refractivity contribution is -0.723. The van der Waals surface area contributed by atoms with Gasteiger partial charge in [-0.1, -0.05) is 36.4 Å². The van der Waals surface area contributed by atoms with Crippen LogP contribution in [-0.2, 0) is 9.47 Å². The summed E-state index contributed by atoms with van der Waals surface area (Å²) in [6, 6.07) is 21.5. The minimum Gasteiger partial charge on any atom is -0.341 e. The van der Waals surface area contributed by atoms with Crippen molar-refractivity contribution >= 4 is 10.8 Å². The fourth-order valence-electron chi connectivity index (χ4n) is 3.18. The average Bonchev–Trinajstić information content (AvgIpc) is 3.15. The van der Waals surface area contributed by atoms with Crippen LogP contribution in [0, 0.1) is 0 Å². The van der Waals surface area contributed by atoms with Gasteiger partial charge in [0.2, 0.25) is 12.0 Å². The first kappa shape index (κ1) is 14.4. The molecule has 0 bridgehead atoms. The van der Waals surface area contributed by atoms with Crippen LogP contribution in [0.3, 0.4) is 0 Å². The predicted octanol–water partition coefficient (Wildman–Crippen LogP) is 3.78. The van der Waals surface area contributed by atoms with Gasteiger partial charge in [0.25, 0.3) is 0 Å². The molecule has 0 amide bonds. The highest BCUT2D eigenvalue weighted by molar-refractivity contribution is 5.83. The Bertz CT molecular complexity index is 824. The Labute approximate surface area is 136 Å². The molecule has 1 aliphatic rings. The van der Waals surface area contributed by atoms with Gasteiger partial charge >= 0.3 is 0 Å². The lowest BCUT2D eigenvalue weighted by atomic mass is 10.0. The van der Waals surface area contributed by atoms with Crippen LogP contribution in [-0.4, -0.2) is 13.2 Å². The topological polar surface area (TPSA) is 22.3 Å². The van der Waals surface area contributed by atoms with E-state index < -0.39 is 0 Å². The van der Waals surface area contributed by atoms with Crippen molar-refractivity contribution < 1.29 is 14.0 Å². The van der Waals surface area contributed by atoms with Crippen LogP contribution >= 0.6 is 0 Å². The molecular formula is C20H20NO2+. The Morgan fingerprint density at radius 3 is 2.48 bits per heavy atom. The molecule has 0 aliphatic carbocycles. The Balaban J connectivity index is 1.74. The maximum atomic E-state index is 5.69. The lowest BCUT2D eigenvalue weighted by Gasteiger charge is -2.14. The van der Waals surface area contributed by atoms with Crippen molar-refractivity contribution in [1.82, 2.24) is 0 Å². The Morgan fingerprint density at radius 2 is 1.65 bits per heavy atom. The van der Waals surface area contributed by atoms with Crippen molar-refractivity contribution in [2.24, 2.45) is 0 Å². The predicted molar refractivity (Wildman–Crippen MR) is 89.0 cm³/mol. The van der Waals surface area contributed by atoms with E-state index >= 15 is 0 Å². The average molecular weight is 306 g/mol. The van der Waals surface area contributed by atoms with Gasteiger partial charge in [0.15, 0.2) is 12.2 Å². The third-order valence-electron chi connectivity index (χ3n) is 4.46. The monoisotopic (exact) mass is 306 g/mol. The van der Waals surface area contributed by atoms with Crippen molar-refractivity contribution in [3.8, 4) is 0 Å². The molecule has 0 spiro atoms. The van der Waals surface area contributed by atoms with Gasteiger partial charge in [0.05, 0.1) is 13.2 Å². The molecule has 3 nitrogen and oxygen atoms in total. The molecule has 0 N–H and O–H groups in total. The van der Waals surface area contributed by atoms with Gasteiger partial charge in [-0.25, -0.2) is 0 Å². The van der Waals surface area contributed by atoms with Crippen LogP contribution in [0.25, 0.3) is 10.8 Å². The summed E-state index contributed by atoms with van der Waals surface area (Å²) in [6.45, 7) is 3.52. The summed E-state index contributed by atoms with van der Waals surface area (Å²) in [5, 5.41) is 2.53. The Hall–Kier alpha value is -2.23. The number of pyridine rings is 1. The summed E-state index contributed by atoms with van der Waals surface area (Å²) in [7, 11) is 0. The second-order valence-corrected chi connectivity index (χ2v) is 5.89. The van der Waals surface area contributed by atoms with E-state index in [0.717, 1.165) is 5.69 Å². The number of ether oxygens (including phenoxy) is 2. The zero-order chi connectivity index (χ0) is 15.6. The number of aromatic nitrogens is 1. The fourth-order valence-corrected chi connectivity index (χ4v) is 3.18.